The lowest BCUT2D eigenvalue weighted by Gasteiger charge is -2.37. The van der Waals surface area contributed by atoms with Crippen molar-refractivity contribution in [3.05, 3.63) is 47.2 Å². The van der Waals surface area contributed by atoms with Crippen LogP contribution in [0.25, 0.3) is 0 Å². The normalized spacial score (nSPS) is 17.1. The number of rotatable bonds is 3. The molecule has 146 valence electrons. The van der Waals surface area contributed by atoms with Gasteiger partial charge in [0.15, 0.2) is 0 Å². The molecule has 1 aromatic carbocycles. The minimum absolute atomic E-state index is 0.107. The van der Waals surface area contributed by atoms with Gasteiger partial charge in [0, 0.05) is 43.9 Å². The molecule has 8 nitrogen and oxygen atoms in total. The van der Waals surface area contributed by atoms with Crippen molar-refractivity contribution in [2.45, 2.75) is 17.9 Å². The Morgan fingerprint density at radius 3 is 2.43 bits per heavy atom. The largest absolute Gasteiger partial charge is 0.376 e. The van der Waals surface area contributed by atoms with Crippen LogP contribution in [-0.2, 0) is 27.8 Å². The van der Waals surface area contributed by atoms with Crippen LogP contribution in [0.15, 0.2) is 35.2 Å². The molecule has 0 bridgehead atoms. The third-order valence-electron chi connectivity index (χ3n) is 5.14. The van der Waals surface area contributed by atoms with Crippen LogP contribution in [0.3, 0.4) is 0 Å². The van der Waals surface area contributed by atoms with Crippen molar-refractivity contribution < 1.29 is 13.2 Å². The molecule has 28 heavy (non-hydrogen) atoms. The zero-order valence-electron chi connectivity index (χ0n) is 15.3. The van der Waals surface area contributed by atoms with Crippen LogP contribution in [0.4, 0.5) is 11.5 Å². The average molecular weight is 399 g/mol. The minimum Gasteiger partial charge on any atom is -0.376 e. The summed E-state index contributed by atoms with van der Waals surface area (Å²) in [6, 6.07) is 10.8. The van der Waals surface area contributed by atoms with Gasteiger partial charge in [0.2, 0.25) is 10.0 Å². The number of aromatic nitrogens is 1. The molecule has 2 aromatic rings. The van der Waals surface area contributed by atoms with Gasteiger partial charge < -0.3 is 14.5 Å². The van der Waals surface area contributed by atoms with Gasteiger partial charge in [-0.05, 0) is 30.3 Å². The summed E-state index contributed by atoms with van der Waals surface area (Å²) in [6.45, 7) is 4.14. The fourth-order valence-electron chi connectivity index (χ4n) is 3.62. The molecule has 2 aliphatic rings. The Balaban J connectivity index is 1.49. The second-order valence-corrected chi connectivity index (χ2v) is 8.45. The maximum atomic E-state index is 11.4. The Labute approximate surface area is 164 Å². The molecule has 0 aliphatic carbocycles. The first kappa shape index (κ1) is 18.7. The molecule has 0 saturated carbocycles. The Hall–Kier alpha value is -2.67. The van der Waals surface area contributed by atoms with E-state index in [0.717, 1.165) is 55.4 Å². The summed E-state index contributed by atoms with van der Waals surface area (Å²) in [4.78, 5) is 9.20. The number of fused-ring (bicyclic) bond motifs is 1. The van der Waals surface area contributed by atoms with Crippen LogP contribution in [0.1, 0.15) is 16.8 Å². The van der Waals surface area contributed by atoms with Crippen molar-refractivity contribution in [3.63, 3.8) is 0 Å². The number of nitriles is 1. The first-order valence-electron chi connectivity index (χ1n) is 9.09. The van der Waals surface area contributed by atoms with E-state index >= 15 is 0 Å². The second kappa shape index (κ2) is 7.39. The molecule has 1 fully saturated rings. The van der Waals surface area contributed by atoms with E-state index in [0.29, 0.717) is 18.8 Å². The van der Waals surface area contributed by atoms with Crippen molar-refractivity contribution in [1.82, 2.24) is 4.98 Å². The molecule has 9 heteroatoms. The highest BCUT2D eigenvalue weighted by molar-refractivity contribution is 7.89. The van der Waals surface area contributed by atoms with Crippen LogP contribution in [0, 0.1) is 11.3 Å². The first-order valence-corrected chi connectivity index (χ1v) is 10.6. The Morgan fingerprint density at radius 1 is 1.11 bits per heavy atom. The van der Waals surface area contributed by atoms with E-state index in [2.05, 4.69) is 15.9 Å². The third kappa shape index (κ3) is 3.67. The lowest BCUT2D eigenvalue weighted by atomic mass is 10.1. The van der Waals surface area contributed by atoms with Gasteiger partial charge >= 0.3 is 0 Å². The summed E-state index contributed by atoms with van der Waals surface area (Å²) in [6.07, 6.45) is 0.768. The van der Waals surface area contributed by atoms with E-state index in [-0.39, 0.29) is 4.90 Å². The number of anilines is 2. The van der Waals surface area contributed by atoms with Crippen LogP contribution >= 0.6 is 0 Å². The van der Waals surface area contributed by atoms with Gasteiger partial charge in [-0.1, -0.05) is 0 Å². The second-order valence-electron chi connectivity index (χ2n) is 6.89. The maximum Gasteiger partial charge on any atom is 0.238 e. The van der Waals surface area contributed by atoms with Crippen molar-refractivity contribution >= 4 is 21.5 Å². The van der Waals surface area contributed by atoms with Gasteiger partial charge in [-0.2, -0.15) is 5.26 Å². The number of primary sulfonamides is 1. The molecule has 1 aromatic heterocycles. The number of hydrogen-bond donors (Lipinski definition) is 1. The molecule has 0 spiro atoms. The smallest absolute Gasteiger partial charge is 0.238 e. The number of sulfonamides is 1. The molecule has 0 unspecified atom stereocenters. The fraction of sp³-hybridized carbons (Fsp3) is 0.368. The number of benzene rings is 1. The fourth-order valence-corrected chi connectivity index (χ4v) is 4.14. The van der Waals surface area contributed by atoms with Crippen LogP contribution in [0.2, 0.25) is 0 Å². The van der Waals surface area contributed by atoms with Crippen molar-refractivity contribution in [2.75, 3.05) is 42.6 Å². The molecular weight excluding hydrogens is 378 g/mol. The summed E-state index contributed by atoms with van der Waals surface area (Å²) in [5.74, 6) is 0.743. The summed E-state index contributed by atoms with van der Waals surface area (Å²) >= 11 is 0. The van der Waals surface area contributed by atoms with E-state index in [1.54, 1.807) is 12.1 Å². The maximum absolute atomic E-state index is 11.4. The number of ether oxygens (including phenoxy) is 1. The van der Waals surface area contributed by atoms with Gasteiger partial charge in [0.1, 0.15) is 11.9 Å². The number of hydrogen-bond acceptors (Lipinski definition) is 7. The summed E-state index contributed by atoms with van der Waals surface area (Å²) in [5, 5.41) is 14.7. The van der Waals surface area contributed by atoms with E-state index in [4.69, 9.17) is 14.9 Å². The number of piperazine rings is 1. The zero-order valence-corrected chi connectivity index (χ0v) is 16.2. The van der Waals surface area contributed by atoms with Gasteiger partial charge in [0.05, 0.1) is 29.4 Å². The van der Waals surface area contributed by atoms with Crippen molar-refractivity contribution in [3.8, 4) is 6.07 Å². The predicted molar refractivity (Wildman–Crippen MR) is 105 cm³/mol. The minimum atomic E-state index is -3.69. The van der Waals surface area contributed by atoms with Crippen molar-refractivity contribution in [2.24, 2.45) is 5.14 Å². The molecule has 4 rings (SSSR count). The number of pyridine rings is 1. The highest BCUT2D eigenvalue weighted by Gasteiger charge is 2.23. The van der Waals surface area contributed by atoms with Gasteiger partial charge in [-0.15, -0.1) is 0 Å². The third-order valence-corrected chi connectivity index (χ3v) is 6.07. The lowest BCUT2D eigenvalue weighted by Crippen LogP contribution is -2.47. The lowest BCUT2D eigenvalue weighted by molar-refractivity contribution is 0.109. The Kier molecular flexibility index (Phi) is 4.93. The van der Waals surface area contributed by atoms with Crippen molar-refractivity contribution in [1.29, 1.82) is 5.26 Å². The first-order chi connectivity index (χ1) is 13.5. The quantitative estimate of drug-likeness (QED) is 0.819. The zero-order chi connectivity index (χ0) is 19.7. The van der Waals surface area contributed by atoms with E-state index in [1.807, 2.05) is 6.07 Å². The van der Waals surface area contributed by atoms with Gasteiger partial charge in [0.25, 0.3) is 0 Å². The average Bonchev–Trinajstić information content (AvgIpc) is 2.72. The topological polar surface area (TPSA) is 113 Å². The monoisotopic (exact) mass is 399 g/mol. The van der Waals surface area contributed by atoms with Crippen LogP contribution in [-0.4, -0.2) is 46.2 Å². The molecular formula is C19H21N5O3S. The SMILES string of the molecule is N#Cc1cc2c(nc1N1CCN(c3ccc(S(N)(=O)=O)cc3)CC1)CCOC2. The molecule has 2 aliphatic heterocycles. The summed E-state index contributed by atoms with van der Waals surface area (Å²) < 4.78 is 28.3. The number of nitrogens with two attached hydrogens (primary N) is 1. The molecule has 3 heterocycles. The summed E-state index contributed by atoms with van der Waals surface area (Å²) in [5.41, 5.74) is 3.54. The molecule has 0 amide bonds. The highest BCUT2D eigenvalue weighted by Crippen LogP contribution is 2.26. The molecule has 0 atom stereocenters. The Bertz CT molecular complexity index is 1020. The van der Waals surface area contributed by atoms with E-state index < -0.39 is 10.0 Å². The van der Waals surface area contributed by atoms with Gasteiger partial charge in [-0.3, -0.25) is 0 Å². The van der Waals surface area contributed by atoms with Crippen LogP contribution < -0.4 is 14.9 Å². The highest BCUT2D eigenvalue weighted by atomic mass is 32.2. The van der Waals surface area contributed by atoms with Crippen LogP contribution in [0.5, 0.6) is 0 Å². The summed E-state index contributed by atoms with van der Waals surface area (Å²) in [7, 11) is -3.69. The molecule has 0 radical (unpaired) electrons. The van der Waals surface area contributed by atoms with E-state index in [1.165, 1.54) is 12.1 Å². The standard InChI is InChI=1S/C19H21N5O3S/c20-12-14-11-15-13-27-10-5-18(15)22-19(14)24-8-6-23(7-9-24)16-1-3-17(4-2-16)28(21,25)26/h1-4,11H,5-10,13H2,(H2,21,25,26). The Morgan fingerprint density at radius 2 is 1.79 bits per heavy atom. The van der Waals surface area contributed by atoms with E-state index in [9.17, 15) is 13.7 Å². The number of nitrogens with zero attached hydrogens (tertiary/aromatic N) is 4. The molecule has 1 saturated heterocycles. The molecule has 2 N–H and O–H groups in total. The predicted octanol–water partition coefficient (Wildman–Crippen LogP) is 1.000. The van der Waals surface area contributed by atoms with Gasteiger partial charge in [-0.25, -0.2) is 18.5 Å².